The lowest BCUT2D eigenvalue weighted by Gasteiger charge is -2.09. The number of nitrogens with one attached hydrogen (secondary N) is 1. The first kappa shape index (κ1) is 17.4. The molecule has 0 aliphatic heterocycles. The van der Waals surface area contributed by atoms with E-state index in [9.17, 15) is 4.79 Å². The molecule has 7 heteroatoms. The van der Waals surface area contributed by atoms with Gasteiger partial charge in [-0.15, -0.1) is 0 Å². The number of rotatable bonds is 6. The second kappa shape index (κ2) is 7.32. The summed E-state index contributed by atoms with van der Waals surface area (Å²) in [7, 11) is 0. The summed E-state index contributed by atoms with van der Waals surface area (Å²) in [4.78, 5) is 24.6. The Bertz CT molecular complexity index is 988. The summed E-state index contributed by atoms with van der Waals surface area (Å²) in [5.74, 6) is 1.35. The van der Waals surface area contributed by atoms with E-state index in [0.717, 1.165) is 29.8 Å². The zero-order valence-corrected chi connectivity index (χ0v) is 15.1. The molecule has 0 saturated heterocycles. The second-order valence-corrected chi connectivity index (χ2v) is 6.92. The van der Waals surface area contributed by atoms with Crippen LogP contribution in [-0.2, 0) is 6.54 Å². The first-order valence-corrected chi connectivity index (χ1v) is 9.04. The molecule has 1 saturated carbocycles. The Labute approximate surface area is 161 Å². The van der Waals surface area contributed by atoms with E-state index in [1.54, 1.807) is 24.3 Å². The van der Waals surface area contributed by atoms with Crippen LogP contribution in [0.1, 0.15) is 40.5 Å². The van der Waals surface area contributed by atoms with Gasteiger partial charge < -0.3 is 10.4 Å². The van der Waals surface area contributed by atoms with E-state index in [1.807, 2.05) is 24.3 Å². The zero-order chi connectivity index (χ0) is 18.8. The highest BCUT2D eigenvalue weighted by Crippen LogP contribution is 2.38. The van der Waals surface area contributed by atoms with E-state index in [1.165, 1.54) is 0 Å². The average Bonchev–Trinajstić information content (AvgIpc) is 3.52. The van der Waals surface area contributed by atoms with Gasteiger partial charge in [0.05, 0.1) is 5.56 Å². The number of carbonyl (C=O) groups is 1. The third-order valence-electron chi connectivity index (χ3n) is 4.33. The minimum atomic E-state index is -0.938. The SMILES string of the molecule is O=C(O)c1ccc(CNc2nc(-c3cccc(Cl)c3)nc(C3CC3)n2)cc1. The largest absolute Gasteiger partial charge is 0.478 e. The summed E-state index contributed by atoms with van der Waals surface area (Å²) in [6.45, 7) is 0.489. The Morgan fingerprint density at radius 3 is 2.56 bits per heavy atom. The van der Waals surface area contributed by atoms with Gasteiger partial charge in [-0.3, -0.25) is 0 Å². The number of anilines is 1. The maximum Gasteiger partial charge on any atom is 0.335 e. The van der Waals surface area contributed by atoms with E-state index in [0.29, 0.717) is 29.3 Å². The fraction of sp³-hybridized carbons (Fsp3) is 0.200. The van der Waals surface area contributed by atoms with Gasteiger partial charge in [0.15, 0.2) is 5.82 Å². The van der Waals surface area contributed by atoms with Crippen LogP contribution in [0, 0.1) is 0 Å². The van der Waals surface area contributed by atoms with Crippen LogP contribution >= 0.6 is 11.6 Å². The first-order chi connectivity index (χ1) is 13.1. The number of hydrogen-bond acceptors (Lipinski definition) is 5. The fourth-order valence-corrected chi connectivity index (χ4v) is 2.89. The molecule has 0 bridgehead atoms. The molecule has 0 radical (unpaired) electrons. The van der Waals surface area contributed by atoms with Crippen molar-refractivity contribution in [1.29, 1.82) is 0 Å². The number of hydrogen-bond donors (Lipinski definition) is 2. The molecule has 27 heavy (non-hydrogen) atoms. The summed E-state index contributed by atoms with van der Waals surface area (Å²) in [6, 6.07) is 14.2. The maximum atomic E-state index is 10.9. The molecule has 136 valence electrons. The van der Waals surface area contributed by atoms with Crippen molar-refractivity contribution in [1.82, 2.24) is 15.0 Å². The average molecular weight is 381 g/mol. The van der Waals surface area contributed by atoms with Crippen molar-refractivity contribution in [2.75, 3.05) is 5.32 Å². The molecule has 0 spiro atoms. The second-order valence-electron chi connectivity index (χ2n) is 6.48. The molecular weight excluding hydrogens is 364 g/mol. The third-order valence-corrected chi connectivity index (χ3v) is 4.56. The topological polar surface area (TPSA) is 88.0 Å². The Hall–Kier alpha value is -2.99. The number of aromatic carboxylic acids is 1. The molecule has 4 rings (SSSR count). The van der Waals surface area contributed by atoms with Crippen molar-refractivity contribution >= 4 is 23.5 Å². The Kier molecular flexibility index (Phi) is 4.73. The van der Waals surface area contributed by atoms with Gasteiger partial charge in [-0.2, -0.15) is 9.97 Å². The lowest BCUT2D eigenvalue weighted by molar-refractivity contribution is 0.0697. The molecule has 0 amide bonds. The molecular formula is C20H17ClN4O2. The lowest BCUT2D eigenvalue weighted by atomic mass is 10.1. The highest BCUT2D eigenvalue weighted by Gasteiger charge is 2.28. The molecule has 1 aromatic heterocycles. The summed E-state index contributed by atoms with van der Waals surface area (Å²) < 4.78 is 0. The summed E-state index contributed by atoms with van der Waals surface area (Å²) in [6.07, 6.45) is 2.18. The standard InChI is InChI=1S/C20H17ClN4O2/c21-16-3-1-2-15(10-16)18-23-17(13-8-9-13)24-20(25-18)22-11-12-4-6-14(7-5-12)19(26)27/h1-7,10,13H,8-9,11H2,(H,26,27)(H,22,23,24,25). The van der Waals surface area contributed by atoms with Gasteiger partial charge in [-0.05, 0) is 42.7 Å². The summed E-state index contributed by atoms with van der Waals surface area (Å²) in [5, 5.41) is 12.8. The lowest BCUT2D eigenvalue weighted by Crippen LogP contribution is -2.08. The van der Waals surface area contributed by atoms with Crippen LogP contribution in [0.4, 0.5) is 5.95 Å². The number of halogens is 1. The van der Waals surface area contributed by atoms with E-state index in [-0.39, 0.29) is 5.56 Å². The number of aromatic nitrogens is 3. The Morgan fingerprint density at radius 2 is 1.89 bits per heavy atom. The van der Waals surface area contributed by atoms with Crippen LogP contribution < -0.4 is 5.32 Å². The number of nitrogens with zero attached hydrogens (tertiary/aromatic N) is 3. The van der Waals surface area contributed by atoms with Crippen LogP contribution in [0.2, 0.25) is 5.02 Å². The number of benzene rings is 2. The monoisotopic (exact) mass is 380 g/mol. The van der Waals surface area contributed by atoms with Crippen molar-refractivity contribution in [2.24, 2.45) is 0 Å². The third kappa shape index (κ3) is 4.23. The molecule has 1 aliphatic carbocycles. The van der Waals surface area contributed by atoms with Gasteiger partial charge in [0.2, 0.25) is 5.95 Å². The molecule has 1 heterocycles. The van der Waals surface area contributed by atoms with Crippen LogP contribution in [0.5, 0.6) is 0 Å². The Balaban J connectivity index is 1.57. The van der Waals surface area contributed by atoms with Gasteiger partial charge in [-0.25, -0.2) is 9.78 Å². The molecule has 1 aliphatic rings. The van der Waals surface area contributed by atoms with E-state index in [2.05, 4.69) is 20.3 Å². The molecule has 6 nitrogen and oxygen atoms in total. The van der Waals surface area contributed by atoms with Crippen molar-refractivity contribution < 1.29 is 9.90 Å². The normalized spacial score (nSPS) is 13.4. The number of carboxylic acid groups (broad SMARTS) is 1. The van der Waals surface area contributed by atoms with E-state index >= 15 is 0 Å². The van der Waals surface area contributed by atoms with Crippen molar-refractivity contribution in [3.8, 4) is 11.4 Å². The first-order valence-electron chi connectivity index (χ1n) is 8.66. The van der Waals surface area contributed by atoms with Crippen LogP contribution in [0.25, 0.3) is 11.4 Å². The van der Waals surface area contributed by atoms with Gasteiger partial charge in [0.25, 0.3) is 0 Å². The molecule has 2 aromatic carbocycles. The molecule has 0 atom stereocenters. The highest BCUT2D eigenvalue weighted by atomic mass is 35.5. The predicted molar refractivity (Wildman–Crippen MR) is 103 cm³/mol. The smallest absolute Gasteiger partial charge is 0.335 e. The zero-order valence-electron chi connectivity index (χ0n) is 14.4. The summed E-state index contributed by atoms with van der Waals surface area (Å²) >= 11 is 6.10. The van der Waals surface area contributed by atoms with Crippen LogP contribution in [0.3, 0.4) is 0 Å². The minimum absolute atomic E-state index is 0.262. The van der Waals surface area contributed by atoms with Crippen LogP contribution in [0.15, 0.2) is 48.5 Å². The predicted octanol–water partition coefficient (Wildman–Crippen LogP) is 4.38. The van der Waals surface area contributed by atoms with Crippen molar-refractivity contribution in [3.63, 3.8) is 0 Å². The molecule has 3 aromatic rings. The van der Waals surface area contributed by atoms with E-state index < -0.39 is 5.97 Å². The van der Waals surface area contributed by atoms with Crippen molar-refractivity contribution in [2.45, 2.75) is 25.3 Å². The molecule has 2 N–H and O–H groups in total. The maximum absolute atomic E-state index is 10.9. The fourth-order valence-electron chi connectivity index (χ4n) is 2.70. The van der Waals surface area contributed by atoms with E-state index in [4.69, 9.17) is 16.7 Å². The minimum Gasteiger partial charge on any atom is -0.478 e. The van der Waals surface area contributed by atoms with Crippen molar-refractivity contribution in [3.05, 3.63) is 70.5 Å². The highest BCUT2D eigenvalue weighted by molar-refractivity contribution is 6.30. The summed E-state index contributed by atoms with van der Waals surface area (Å²) in [5.41, 5.74) is 2.05. The molecule has 0 unspecified atom stereocenters. The quantitative estimate of drug-likeness (QED) is 0.659. The van der Waals surface area contributed by atoms with Gasteiger partial charge in [0, 0.05) is 23.0 Å². The van der Waals surface area contributed by atoms with Crippen LogP contribution in [-0.4, -0.2) is 26.0 Å². The number of carboxylic acids is 1. The van der Waals surface area contributed by atoms with Gasteiger partial charge in [0.1, 0.15) is 5.82 Å². The van der Waals surface area contributed by atoms with Gasteiger partial charge >= 0.3 is 5.97 Å². The molecule has 1 fully saturated rings. The Morgan fingerprint density at radius 1 is 1.11 bits per heavy atom. The van der Waals surface area contributed by atoms with Gasteiger partial charge in [-0.1, -0.05) is 35.9 Å².